The minimum Gasteiger partial charge on any atom is -0.305 e. The lowest BCUT2D eigenvalue weighted by molar-refractivity contribution is 0.666. The van der Waals surface area contributed by atoms with Gasteiger partial charge in [0.15, 0.2) is 5.82 Å². The standard InChI is InChI=1S/C39H27N3/c1-39(2)31-19-11-10-18-29(31)30-20-21-32-34(35(30)39)36-33(23-40-38(41-36)24-12-4-3-5-13-24)42(32)37-27-16-8-6-14-25(27)22-26-15-7-9-17-28(26)37/h3-23H,1-2H3. The molecule has 2 aromatic heterocycles. The van der Waals surface area contributed by atoms with Crippen LogP contribution >= 0.6 is 0 Å². The molecule has 3 heteroatoms. The summed E-state index contributed by atoms with van der Waals surface area (Å²) in [6, 6.07) is 43.5. The van der Waals surface area contributed by atoms with Gasteiger partial charge in [-0.3, -0.25) is 0 Å². The number of nitrogens with zero attached hydrogens (tertiary/aromatic N) is 3. The molecular weight excluding hydrogens is 510 g/mol. The van der Waals surface area contributed by atoms with E-state index in [9.17, 15) is 0 Å². The second-order valence-electron chi connectivity index (χ2n) is 11.8. The summed E-state index contributed by atoms with van der Waals surface area (Å²) in [6.07, 6.45) is 2.03. The molecule has 42 heavy (non-hydrogen) atoms. The van der Waals surface area contributed by atoms with Gasteiger partial charge < -0.3 is 4.57 Å². The van der Waals surface area contributed by atoms with Gasteiger partial charge >= 0.3 is 0 Å². The van der Waals surface area contributed by atoms with Crippen molar-refractivity contribution in [3.8, 4) is 28.2 Å². The molecule has 198 valence electrons. The molecule has 0 spiro atoms. The van der Waals surface area contributed by atoms with E-state index in [1.165, 1.54) is 54.9 Å². The molecule has 0 atom stereocenters. The van der Waals surface area contributed by atoms with Crippen molar-refractivity contribution in [2.24, 2.45) is 0 Å². The maximum absolute atomic E-state index is 5.35. The average Bonchev–Trinajstić information content (AvgIpc) is 3.48. The third-order valence-electron chi connectivity index (χ3n) is 9.19. The van der Waals surface area contributed by atoms with Crippen molar-refractivity contribution in [3.05, 3.63) is 139 Å². The maximum Gasteiger partial charge on any atom is 0.159 e. The van der Waals surface area contributed by atoms with Crippen LogP contribution in [0.25, 0.3) is 71.7 Å². The van der Waals surface area contributed by atoms with Crippen LogP contribution < -0.4 is 0 Å². The van der Waals surface area contributed by atoms with Crippen LogP contribution in [-0.4, -0.2) is 14.5 Å². The summed E-state index contributed by atoms with van der Waals surface area (Å²) in [6.45, 7) is 4.71. The molecule has 2 heterocycles. The van der Waals surface area contributed by atoms with Gasteiger partial charge in [-0.05, 0) is 45.2 Å². The normalized spacial score (nSPS) is 13.7. The third-order valence-corrected chi connectivity index (χ3v) is 9.19. The fraction of sp³-hybridized carbons (Fsp3) is 0.0769. The van der Waals surface area contributed by atoms with E-state index in [0.717, 1.165) is 27.9 Å². The quantitative estimate of drug-likeness (QED) is 0.205. The first-order chi connectivity index (χ1) is 20.6. The SMILES string of the molecule is CC1(C)c2ccccc2-c2ccc3c(c21)c1nc(-c2ccccc2)ncc1n3-c1c2ccccc2cc2ccccc12. The number of hydrogen-bond donors (Lipinski definition) is 0. The second-order valence-corrected chi connectivity index (χ2v) is 11.8. The van der Waals surface area contributed by atoms with E-state index in [-0.39, 0.29) is 5.41 Å². The van der Waals surface area contributed by atoms with Crippen molar-refractivity contribution in [3.63, 3.8) is 0 Å². The van der Waals surface area contributed by atoms with Gasteiger partial charge in [0.05, 0.1) is 22.9 Å². The highest BCUT2D eigenvalue weighted by atomic mass is 15.0. The van der Waals surface area contributed by atoms with Crippen molar-refractivity contribution in [1.82, 2.24) is 14.5 Å². The van der Waals surface area contributed by atoms with Gasteiger partial charge in [0.25, 0.3) is 0 Å². The molecular formula is C39H27N3. The van der Waals surface area contributed by atoms with Crippen LogP contribution in [0.5, 0.6) is 0 Å². The Morgan fingerprint density at radius 3 is 2.05 bits per heavy atom. The molecule has 0 fully saturated rings. The molecule has 8 aromatic rings. The fourth-order valence-corrected chi connectivity index (χ4v) is 7.34. The number of fused-ring (bicyclic) bond motifs is 9. The van der Waals surface area contributed by atoms with Crippen LogP contribution in [0.2, 0.25) is 0 Å². The number of aromatic nitrogens is 3. The van der Waals surface area contributed by atoms with Crippen molar-refractivity contribution >= 4 is 43.5 Å². The first-order valence-corrected chi connectivity index (χ1v) is 14.5. The van der Waals surface area contributed by atoms with E-state index in [1.807, 2.05) is 24.4 Å². The monoisotopic (exact) mass is 537 g/mol. The molecule has 1 aliphatic rings. The van der Waals surface area contributed by atoms with Gasteiger partial charge in [0, 0.05) is 27.1 Å². The minimum atomic E-state index is -0.177. The molecule has 0 bridgehead atoms. The molecule has 1 aliphatic carbocycles. The summed E-state index contributed by atoms with van der Waals surface area (Å²) in [5.74, 6) is 0.746. The average molecular weight is 538 g/mol. The molecule has 3 nitrogen and oxygen atoms in total. The lowest BCUT2D eigenvalue weighted by Crippen LogP contribution is -2.15. The molecule has 0 saturated carbocycles. The zero-order chi connectivity index (χ0) is 28.0. The molecule has 6 aromatic carbocycles. The Balaban J connectivity index is 1.50. The predicted octanol–water partition coefficient (Wildman–Crippen LogP) is 9.85. The van der Waals surface area contributed by atoms with Crippen LogP contribution in [-0.2, 0) is 5.41 Å². The first kappa shape index (κ1) is 23.4. The Hall–Kier alpha value is -5.28. The summed E-state index contributed by atoms with van der Waals surface area (Å²) in [7, 11) is 0. The zero-order valence-corrected chi connectivity index (χ0v) is 23.5. The van der Waals surface area contributed by atoms with E-state index in [4.69, 9.17) is 9.97 Å². The summed E-state index contributed by atoms with van der Waals surface area (Å²) >= 11 is 0. The van der Waals surface area contributed by atoms with Gasteiger partial charge in [-0.25, -0.2) is 9.97 Å². The Morgan fingerprint density at radius 1 is 0.619 bits per heavy atom. The van der Waals surface area contributed by atoms with E-state index >= 15 is 0 Å². The lowest BCUT2D eigenvalue weighted by atomic mass is 9.81. The van der Waals surface area contributed by atoms with Gasteiger partial charge in [-0.2, -0.15) is 0 Å². The van der Waals surface area contributed by atoms with Crippen LogP contribution in [0.4, 0.5) is 0 Å². The van der Waals surface area contributed by atoms with Gasteiger partial charge in [-0.15, -0.1) is 0 Å². The molecule has 0 N–H and O–H groups in total. The van der Waals surface area contributed by atoms with Gasteiger partial charge in [0.2, 0.25) is 0 Å². The highest BCUT2D eigenvalue weighted by Gasteiger charge is 2.38. The van der Waals surface area contributed by atoms with Crippen LogP contribution in [0.3, 0.4) is 0 Å². The van der Waals surface area contributed by atoms with Crippen molar-refractivity contribution < 1.29 is 0 Å². The first-order valence-electron chi connectivity index (χ1n) is 14.5. The van der Waals surface area contributed by atoms with Crippen LogP contribution in [0.15, 0.2) is 128 Å². The second kappa shape index (κ2) is 8.37. The molecule has 0 amide bonds. The minimum absolute atomic E-state index is 0.177. The van der Waals surface area contributed by atoms with Crippen LogP contribution in [0.1, 0.15) is 25.0 Å². The predicted molar refractivity (Wildman–Crippen MR) is 174 cm³/mol. The molecule has 0 saturated heterocycles. The van der Waals surface area contributed by atoms with Gasteiger partial charge in [0.1, 0.15) is 5.52 Å². The van der Waals surface area contributed by atoms with Crippen LogP contribution in [0, 0.1) is 0 Å². The number of hydrogen-bond acceptors (Lipinski definition) is 2. The molecule has 0 radical (unpaired) electrons. The fourth-order valence-electron chi connectivity index (χ4n) is 7.34. The van der Waals surface area contributed by atoms with Crippen molar-refractivity contribution in [1.29, 1.82) is 0 Å². The van der Waals surface area contributed by atoms with Crippen molar-refractivity contribution in [2.45, 2.75) is 19.3 Å². The largest absolute Gasteiger partial charge is 0.305 e. The van der Waals surface area contributed by atoms with E-state index < -0.39 is 0 Å². The summed E-state index contributed by atoms with van der Waals surface area (Å²) in [5.41, 5.74) is 10.5. The summed E-state index contributed by atoms with van der Waals surface area (Å²) < 4.78 is 2.42. The Bertz CT molecular complexity index is 2320. The summed E-state index contributed by atoms with van der Waals surface area (Å²) in [5, 5.41) is 6.07. The smallest absolute Gasteiger partial charge is 0.159 e. The Labute approximate surface area is 243 Å². The number of rotatable bonds is 2. The highest BCUT2D eigenvalue weighted by molar-refractivity contribution is 6.16. The molecule has 0 unspecified atom stereocenters. The van der Waals surface area contributed by atoms with Crippen molar-refractivity contribution in [2.75, 3.05) is 0 Å². The number of benzene rings is 6. The molecule has 9 rings (SSSR count). The van der Waals surface area contributed by atoms with Gasteiger partial charge in [-0.1, -0.05) is 123 Å². The van der Waals surface area contributed by atoms with E-state index in [2.05, 4.69) is 122 Å². The maximum atomic E-state index is 5.35. The highest BCUT2D eigenvalue weighted by Crippen LogP contribution is 2.53. The Kier molecular flexibility index (Phi) is 4.67. The lowest BCUT2D eigenvalue weighted by Gasteiger charge is -2.22. The Morgan fingerprint density at radius 2 is 1.29 bits per heavy atom. The van der Waals surface area contributed by atoms with E-state index in [1.54, 1.807) is 0 Å². The topological polar surface area (TPSA) is 30.7 Å². The van der Waals surface area contributed by atoms with E-state index in [0.29, 0.717) is 0 Å². The zero-order valence-electron chi connectivity index (χ0n) is 23.5. The third kappa shape index (κ3) is 3.05. The summed E-state index contributed by atoms with van der Waals surface area (Å²) in [4.78, 5) is 10.3. The molecule has 0 aliphatic heterocycles.